The number of hydrogen-bond donors (Lipinski definition) is 0. The van der Waals surface area contributed by atoms with Crippen LogP contribution in [0.1, 0.15) is 18.3 Å². The van der Waals surface area contributed by atoms with Crippen molar-refractivity contribution in [2.24, 2.45) is 0 Å². The third-order valence-corrected chi connectivity index (χ3v) is 3.56. The van der Waals surface area contributed by atoms with E-state index >= 15 is 0 Å². The Labute approximate surface area is 124 Å². The molecule has 0 radical (unpaired) electrons. The molecule has 2 heterocycles. The van der Waals surface area contributed by atoms with Crippen LogP contribution in [0.4, 0.5) is 0 Å². The monoisotopic (exact) mass is 285 g/mol. The van der Waals surface area contributed by atoms with Crippen LogP contribution in [0.25, 0.3) is 11.8 Å². The van der Waals surface area contributed by atoms with E-state index in [4.69, 9.17) is 4.74 Å². The highest BCUT2D eigenvalue weighted by molar-refractivity contribution is 5.44. The first-order chi connectivity index (χ1) is 10.4. The highest BCUT2D eigenvalue weighted by atomic mass is 16.5. The van der Waals surface area contributed by atoms with E-state index in [0.29, 0.717) is 0 Å². The van der Waals surface area contributed by atoms with Crippen LogP contribution < -0.4 is 0 Å². The molecular formula is C15H19N5O. The molecule has 1 aromatic carbocycles. The lowest BCUT2D eigenvalue weighted by atomic mass is 10.1. The van der Waals surface area contributed by atoms with E-state index in [0.717, 1.165) is 44.2 Å². The van der Waals surface area contributed by atoms with Crippen molar-refractivity contribution >= 4 is 6.08 Å². The maximum atomic E-state index is 5.33. The quantitative estimate of drug-likeness (QED) is 0.852. The highest BCUT2D eigenvalue weighted by Crippen LogP contribution is 2.11. The van der Waals surface area contributed by atoms with E-state index in [1.807, 2.05) is 24.4 Å². The Bertz CT molecular complexity index is 599. The first kappa shape index (κ1) is 13.8. The number of benzene rings is 1. The molecule has 3 rings (SSSR count). The zero-order valence-electron chi connectivity index (χ0n) is 12.1. The number of nitrogens with zero attached hydrogens (tertiary/aromatic N) is 5. The smallest absolute Gasteiger partial charge is 0.181 e. The van der Waals surface area contributed by atoms with Gasteiger partial charge in [-0.3, -0.25) is 0 Å². The zero-order chi connectivity index (χ0) is 14.5. The molecule has 0 unspecified atom stereocenters. The number of morpholine rings is 1. The van der Waals surface area contributed by atoms with E-state index in [1.54, 1.807) is 4.68 Å². The zero-order valence-corrected chi connectivity index (χ0v) is 12.1. The summed E-state index contributed by atoms with van der Waals surface area (Å²) in [7, 11) is 0. The lowest BCUT2D eigenvalue weighted by molar-refractivity contribution is 0.0597. The van der Waals surface area contributed by atoms with Gasteiger partial charge in [-0.1, -0.05) is 19.1 Å². The molecule has 1 aliphatic rings. The van der Waals surface area contributed by atoms with Gasteiger partial charge in [0.05, 0.1) is 18.9 Å². The lowest BCUT2D eigenvalue weighted by Crippen LogP contribution is -2.31. The third-order valence-electron chi connectivity index (χ3n) is 3.56. The molecule has 0 amide bonds. The summed E-state index contributed by atoms with van der Waals surface area (Å²) in [5, 5.41) is 11.9. The molecule has 0 bridgehead atoms. The molecule has 0 N–H and O–H groups in total. The number of hydrogen-bond acceptors (Lipinski definition) is 5. The standard InChI is InChI=1S/C15H19N5O/c1-2-13-3-5-14(6-4-13)20-15(16-17-18-20)7-8-19-9-11-21-12-10-19/h3-8H,2,9-12H2,1H3. The van der Waals surface area contributed by atoms with Crippen molar-refractivity contribution in [2.75, 3.05) is 26.3 Å². The summed E-state index contributed by atoms with van der Waals surface area (Å²) >= 11 is 0. The van der Waals surface area contributed by atoms with Crippen LogP contribution in [0.15, 0.2) is 30.5 Å². The molecule has 0 aliphatic carbocycles. The van der Waals surface area contributed by atoms with E-state index in [-0.39, 0.29) is 0 Å². The van der Waals surface area contributed by atoms with E-state index in [9.17, 15) is 0 Å². The summed E-state index contributed by atoms with van der Waals surface area (Å²) in [6.07, 6.45) is 5.00. The molecule has 1 aromatic heterocycles. The van der Waals surface area contributed by atoms with Gasteiger partial charge in [0.25, 0.3) is 0 Å². The molecule has 6 heteroatoms. The van der Waals surface area contributed by atoms with Crippen LogP contribution in [0.3, 0.4) is 0 Å². The molecule has 2 aromatic rings. The molecule has 0 spiro atoms. The van der Waals surface area contributed by atoms with Gasteiger partial charge in [-0.25, -0.2) is 0 Å². The number of aryl methyl sites for hydroxylation is 1. The Hall–Kier alpha value is -2.21. The van der Waals surface area contributed by atoms with Gasteiger partial charge in [0.2, 0.25) is 0 Å². The van der Waals surface area contributed by atoms with Gasteiger partial charge in [-0.2, -0.15) is 4.68 Å². The Kier molecular flexibility index (Phi) is 4.25. The van der Waals surface area contributed by atoms with Gasteiger partial charge < -0.3 is 9.64 Å². The lowest BCUT2D eigenvalue weighted by Gasteiger charge is -2.24. The predicted octanol–water partition coefficient (Wildman–Crippen LogP) is 1.53. The third kappa shape index (κ3) is 3.28. The van der Waals surface area contributed by atoms with Crippen LogP contribution >= 0.6 is 0 Å². The number of aromatic nitrogens is 4. The van der Waals surface area contributed by atoms with Crippen molar-refractivity contribution in [1.82, 2.24) is 25.1 Å². The molecule has 110 valence electrons. The van der Waals surface area contributed by atoms with Gasteiger partial charge in [-0.05, 0) is 34.5 Å². The average Bonchev–Trinajstić information content (AvgIpc) is 3.02. The van der Waals surface area contributed by atoms with Crippen molar-refractivity contribution in [3.63, 3.8) is 0 Å². The summed E-state index contributed by atoms with van der Waals surface area (Å²) in [6, 6.07) is 8.29. The highest BCUT2D eigenvalue weighted by Gasteiger charge is 2.08. The van der Waals surface area contributed by atoms with Crippen molar-refractivity contribution < 1.29 is 4.74 Å². The van der Waals surface area contributed by atoms with Crippen LogP contribution in [-0.4, -0.2) is 51.4 Å². The summed E-state index contributed by atoms with van der Waals surface area (Å²) < 4.78 is 7.08. The second-order valence-corrected chi connectivity index (χ2v) is 4.93. The Morgan fingerprint density at radius 1 is 1.19 bits per heavy atom. The Balaban J connectivity index is 1.77. The maximum Gasteiger partial charge on any atom is 0.181 e. The number of rotatable bonds is 4. The van der Waals surface area contributed by atoms with Gasteiger partial charge in [0.1, 0.15) is 0 Å². The first-order valence-corrected chi connectivity index (χ1v) is 7.24. The number of tetrazole rings is 1. The van der Waals surface area contributed by atoms with E-state index < -0.39 is 0 Å². The van der Waals surface area contributed by atoms with Crippen molar-refractivity contribution in [1.29, 1.82) is 0 Å². The fourth-order valence-electron chi connectivity index (χ4n) is 2.25. The van der Waals surface area contributed by atoms with Gasteiger partial charge >= 0.3 is 0 Å². The van der Waals surface area contributed by atoms with E-state index in [1.165, 1.54) is 5.56 Å². The normalized spacial score (nSPS) is 15.8. The molecule has 1 saturated heterocycles. The average molecular weight is 285 g/mol. The molecule has 6 nitrogen and oxygen atoms in total. The van der Waals surface area contributed by atoms with Crippen molar-refractivity contribution in [3.8, 4) is 5.69 Å². The van der Waals surface area contributed by atoms with Crippen molar-refractivity contribution in [3.05, 3.63) is 41.9 Å². The summed E-state index contributed by atoms with van der Waals surface area (Å²) in [5.74, 6) is 0.728. The van der Waals surface area contributed by atoms with Crippen molar-refractivity contribution in [2.45, 2.75) is 13.3 Å². The first-order valence-electron chi connectivity index (χ1n) is 7.24. The van der Waals surface area contributed by atoms with Crippen LogP contribution in [0, 0.1) is 0 Å². The molecule has 0 atom stereocenters. The number of ether oxygens (including phenoxy) is 1. The van der Waals surface area contributed by atoms with Gasteiger partial charge in [0, 0.05) is 25.4 Å². The molecule has 0 saturated carbocycles. The topological polar surface area (TPSA) is 56.1 Å². The maximum absolute atomic E-state index is 5.33. The largest absolute Gasteiger partial charge is 0.378 e. The summed E-state index contributed by atoms with van der Waals surface area (Å²) in [6.45, 7) is 5.50. The SMILES string of the molecule is CCc1ccc(-n2nnnc2C=CN2CCOCC2)cc1. The Morgan fingerprint density at radius 2 is 1.95 bits per heavy atom. The fourth-order valence-corrected chi connectivity index (χ4v) is 2.25. The van der Waals surface area contributed by atoms with E-state index in [2.05, 4.69) is 39.5 Å². The van der Waals surface area contributed by atoms with Gasteiger partial charge in [0.15, 0.2) is 5.82 Å². The Morgan fingerprint density at radius 3 is 2.67 bits per heavy atom. The minimum absolute atomic E-state index is 0.728. The van der Waals surface area contributed by atoms with Crippen LogP contribution in [0.2, 0.25) is 0 Å². The summed E-state index contributed by atoms with van der Waals surface area (Å²) in [4.78, 5) is 2.21. The minimum atomic E-state index is 0.728. The molecular weight excluding hydrogens is 266 g/mol. The summed E-state index contributed by atoms with van der Waals surface area (Å²) in [5.41, 5.74) is 2.27. The molecule has 21 heavy (non-hydrogen) atoms. The molecule has 1 fully saturated rings. The fraction of sp³-hybridized carbons (Fsp3) is 0.400. The van der Waals surface area contributed by atoms with Crippen LogP contribution in [-0.2, 0) is 11.2 Å². The minimum Gasteiger partial charge on any atom is -0.378 e. The molecule has 1 aliphatic heterocycles. The van der Waals surface area contributed by atoms with Gasteiger partial charge in [-0.15, -0.1) is 5.10 Å². The predicted molar refractivity (Wildman–Crippen MR) is 80.0 cm³/mol. The second-order valence-electron chi connectivity index (χ2n) is 4.93. The van der Waals surface area contributed by atoms with Crippen LogP contribution in [0.5, 0.6) is 0 Å². The second kappa shape index (κ2) is 6.49.